The molecule has 0 heterocycles. The lowest BCUT2D eigenvalue weighted by molar-refractivity contribution is -0.127. The Kier molecular flexibility index (Phi) is 6.83. The molecule has 0 aliphatic heterocycles. The highest BCUT2D eigenvalue weighted by atomic mass is 16.2. The summed E-state index contributed by atoms with van der Waals surface area (Å²) in [6.45, 7) is 0. The van der Waals surface area contributed by atoms with Gasteiger partial charge in [-0.1, -0.05) is 12.1 Å². The number of hydrogen-bond donors (Lipinski definition) is 0. The molecule has 42 heavy (non-hydrogen) atoms. The monoisotopic (exact) mass is 566 g/mol. The van der Waals surface area contributed by atoms with Crippen molar-refractivity contribution in [2.45, 2.75) is 51.4 Å². The molecule has 4 atom stereocenters. The number of benzene rings is 2. The summed E-state index contributed by atoms with van der Waals surface area (Å²) in [5, 5.41) is 0. The van der Waals surface area contributed by atoms with Gasteiger partial charge in [0.25, 0.3) is 0 Å². The van der Waals surface area contributed by atoms with Gasteiger partial charge in [-0.3, -0.25) is 43.2 Å². The van der Waals surface area contributed by atoms with Crippen LogP contribution in [0.4, 0.5) is 0 Å². The molecule has 4 unspecified atom stereocenters. The molecule has 9 heteroatoms. The standard InChI is InChI=1S/C33H26O9/c34-23-5-1-3-15(23)13-25(36)27-30(39)19-9-7-17(11-21(19)32(27)41)29(38)18-8-10-20-22(12-18)33(42)28(31(20)40)26(37)14-16-4-2-6-24(16)35/h7-12,15-16,27-28H,1-6,13-14H2. The second-order valence-corrected chi connectivity index (χ2v) is 11.6. The molecular formula is C33H26O9. The van der Waals surface area contributed by atoms with Gasteiger partial charge in [-0.25, -0.2) is 0 Å². The van der Waals surface area contributed by atoms with Gasteiger partial charge in [-0.2, -0.15) is 0 Å². The zero-order chi connectivity index (χ0) is 29.9. The second-order valence-electron chi connectivity index (χ2n) is 11.6. The summed E-state index contributed by atoms with van der Waals surface area (Å²) in [5.74, 6) is -8.61. The summed E-state index contributed by atoms with van der Waals surface area (Å²) in [4.78, 5) is 115. The molecule has 0 N–H and O–H groups in total. The zero-order valence-corrected chi connectivity index (χ0v) is 22.6. The molecule has 2 saturated carbocycles. The molecule has 4 aliphatic carbocycles. The highest BCUT2D eigenvalue weighted by Crippen LogP contribution is 2.35. The maximum atomic E-state index is 13.4. The minimum absolute atomic E-state index is 0.0319. The first-order valence-corrected chi connectivity index (χ1v) is 14.2. The zero-order valence-electron chi connectivity index (χ0n) is 22.6. The summed E-state index contributed by atoms with van der Waals surface area (Å²) in [6, 6.07) is 7.83. The predicted octanol–water partition coefficient (Wildman–Crippen LogP) is 3.56. The van der Waals surface area contributed by atoms with Crippen molar-refractivity contribution in [3.8, 4) is 0 Å². The Morgan fingerprint density at radius 3 is 1.29 bits per heavy atom. The number of ketones is 9. The Balaban J connectivity index is 1.21. The lowest BCUT2D eigenvalue weighted by Crippen LogP contribution is -2.28. The van der Waals surface area contributed by atoms with Crippen LogP contribution < -0.4 is 0 Å². The van der Waals surface area contributed by atoms with Crippen molar-refractivity contribution in [3.63, 3.8) is 0 Å². The minimum Gasteiger partial charge on any atom is -0.299 e. The quantitative estimate of drug-likeness (QED) is 0.345. The van der Waals surface area contributed by atoms with E-state index in [0.717, 1.165) is 0 Å². The SMILES string of the molecule is O=C(c1ccc2c(c1)C(=O)C(C(=O)CC1CCCC1=O)C2=O)c1ccc2c(c1)C(=O)C(C(=O)CC1CCCC1=O)C2=O. The molecule has 9 nitrogen and oxygen atoms in total. The Morgan fingerprint density at radius 2 is 0.929 bits per heavy atom. The number of rotatable bonds is 8. The molecule has 0 amide bonds. The number of carbonyl (C=O) groups is 9. The van der Waals surface area contributed by atoms with Crippen LogP contribution in [0.2, 0.25) is 0 Å². The third kappa shape index (κ3) is 4.44. The molecule has 0 saturated heterocycles. The summed E-state index contributed by atoms with van der Waals surface area (Å²) in [5.41, 5.74) is 0.0352. The van der Waals surface area contributed by atoms with E-state index in [2.05, 4.69) is 0 Å². The van der Waals surface area contributed by atoms with Crippen molar-refractivity contribution in [3.05, 3.63) is 69.8 Å². The number of fused-ring (bicyclic) bond motifs is 2. The van der Waals surface area contributed by atoms with Crippen LogP contribution in [-0.4, -0.2) is 52.0 Å². The van der Waals surface area contributed by atoms with E-state index in [-0.39, 0.29) is 57.8 Å². The number of Topliss-reactive ketones (excluding diaryl/α,β-unsaturated/α-hetero) is 8. The van der Waals surface area contributed by atoms with Crippen LogP contribution in [0.25, 0.3) is 0 Å². The maximum Gasteiger partial charge on any atom is 0.193 e. The summed E-state index contributed by atoms with van der Waals surface area (Å²) in [6.07, 6.45) is 2.90. The fraction of sp³-hybridized carbons (Fsp3) is 0.364. The van der Waals surface area contributed by atoms with Gasteiger partial charge in [-0.05, 0) is 49.9 Å². The van der Waals surface area contributed by atoms with Gasteiger partial charge in [0.2, 0.25) is 0 Å². The van der Waals surface area contributed by atoms with Gasteiger partial charge in [0, 0.05) is 70.9 Å². The number of hydrogen-bond acceptors (Lipinski definition) is 9. The Bertz CT molecular complexity index is 1550. The summed E-state index contributed by atoms with van der Waals surface area (Å²) >= 11 is 0. The largest absolute Gasteiger partial charge is 0.299 e. The molecule has 2 aromatic rings. The summed E-state index contributed by atoms with van der Waals surface area (Å²) in [7, 11) is 0. The molecule has 4 aliphatic rings. The maximum absolute atomic E-state index is 13.4. The van der Waals surface area contributed by atoms with Crippen molar-refractivity contribution >= 4 is 52.0 Å². The van der Waals surface area contributed by atoms with Gasteiger partial charge in [0.1, 0.15) is 23.4 Å². The van der Waals surface area contributed by atoms with Gasteiger partial charge >= 0.3 is 0 Å². The van der Waals surface area contributed by atoms with Crippen LogP contribution in [0.1, 0.15) is 109 Å². The Labute approximate surface area is 240 Å². The third-order valence-corrected chi connectivity index (χ3v) is 9.08. The molecule has 6 rings (SSSR count). The van der Waals surface area contributed by atoms with Gasteiger partial charge in [0.05, 0.1) is 0 Å². The van der Waals surface area contributed by atoms with E-state index in [9.17, 15) is 43.2 Å². The highest BCUT2D eigenvalue weighted by molar-refractivity contribution is 6.37. The van der Waals surface area contributed by atoms with Gasteiger partial charge < -0.3 is 0 Å². The van der Waals surface area contributed by atoms with E-state index in [1.807, 2.05) is 0 Å². The van der Waals surface area contributed by atoms with Crippen LogP contribution in [0, 0.1) is 23.7 Å². The van der Waals surface area contributed by atoms with E-state index in [1.165, 1.54) is 36.4 Å². The average molecular weight is 567 g/mol. The van der Waals surface area contributed by atoms with E-state index < -0.39 is 64.2 Å². The fourth-order valence-corrected chi connectivity index (χ4v) is 6.75. The van der Waals surface area contributed by atoms with E-state index >= 15 is 0 Å². The first-order chi connectivity index (χ1) is 20.1. The van der Waals surface area contributed by atoms with E-state index in [1.54, 1.807) is 0 Å². The van der Waals surface area contributed by atoms with Crippen molar-refractivity contribution in [1.29, 1.82) is 0 Å². The molecule has 0 spiro atoms. The normalized spacial score (nSPS) is 24.9. The fourth-order valence-electron chi connectivity index (χ4n) is 6.75. The molecule has 0 radical (unpaired) electrons. The molecule has 0 bridgehead atoms. The lowest BCUT2D eigenvalue weighted by atomic mass is 9.90. The van der Waals surface area contributed by atoms with Crippen molar-refractivity contribution in [1.82, 2.24) is 0 Å². The van der Waals surface area contributed by atoms with Gasteiger partial charge in [-0.15, -0.1) is 0 Å². The number of carbonyl (C=O) groups excluding carboxylic acids is 9. The first kappa shape index (κ1) is 27.6. The lowest BCUT2D eigenvalue weighted by Gasteiger charge is -2.10. The highest BCUT2D eigenvalue weighted by Gasteiger charge is 2.46. The smallest absolute Gasteiger partial charge is 0.193 e. The predicted molar refractivity (Wildman–Crippen MR) is 145 cm³/mol. The molecule has 2 aromatic carbocycles. The summed E-state index contributed by atoms with van der Waals surface area (Å²) < 4.78 is 0. The van der Waals surface area contributed by atoms with E-state index in [4.69, 9.17) is 0 Å². The van der Waals surface area contributed by atoms with Crippen molar-refractivity contribution in [2.75, 3.05) is 0 Å². The van der Waals surface area contributed by atoms with Crippen molar-refractivity contribution < 1.29 is 43.2 Å². The van der Waals surface area contributed by atoms with Crippen molar-refractivity contribution in [2.24, 2.45) is 23.7 Å². The van der Waals surface area contributed by atoms with Crippen LogP contribution in [0.15, 0.2) is 36.4 Å². The van der Waals surface area contributed by atoms with E-state index in [0.29, 0.717) is 38.5 Å². The Morgan fingerprint density at radius 1 is 0.548 bits per heavy atom. The first-order valence-electron chi connectivity index (χ1n) is 14.2. The second kappa shape index (κ2) is 10.4. The van der Waals surface area contributed by atoms with Crippen LogP contribution in [0.5, 0.6) is 0 Å². The molecular weight excluding hydrogens is 540 g/mol. The minimum atomic E-state index is -1.53. The van der Waals surface area contributed by atoms with Crippen LogP contribution in [-0.2, 0) is 19.2 Å². The Hall–Kier alpha value is -4.53. The van der Waals surface area contributed by atoms with Gasteiger partial charge in [0.15, 0.2) is 40.5 Å². The molecule has 212 valence electrons. The topological polar surface area (TPSA) is 154 Å². The third-order valence-electron chi connectivity index (χ3n) is 9.08. The average Bonchev–Trinajstić information content (AvgIpc) is 3.69. The molecule has 2 fully saturated rings. The molecule has 0 aromatic heterocycles. The van der Waals surface area contributed by atoms with Crippen LogP contribution >= 0.6 is 0 Å². The van der Waals surface area contributed by atoms with Crippen LogP contribution in [0.3, 0.4) is 0 Å².